The van der Waals surface area contributed by atoms with Crippen molar-refractivity contribution in [3.63, 3.8) is 0 Å². The zero-order valence-corrected chi connectivity index (χ0v) is 16.1. The molecule has 2 saturated heterocycles. The van der Waals surface area contributed by atoms with Crippen LogP contribution in [0.2, 0.25) is 0 Å². The maximum atomic E-state index is 5.39. The number of guanidine groups is 1. The number of morpholine rings is 1. The van der Waals surface area contributed by atoms with E-state index in [2.05, 4.69) is 27.4 Å². The number of nitrogens with one attached hydrogen (secondary N) is 2. The minimum absolute atomic E-state index is 0.555. The van der Waals surface area contributed by atoms with Gasteiger partial charge in [-0.05, 0) is 39.3 Å². The molecule has 0 aromatic rings. The van der Waals surface area contributed by atoms with Crippen molar-refractivity contribution in [1.29, 1.82) is 0 Å². The number of methoxy groups -OCH3 is 1. The van der Waals surface area contributed by atoms with Crippen LogP contribution in [0.15, 0.2) is 4.99 Å². The number of hydrogen-bond donors (Lipinski definition) is 2. The Kier molecular flexibility index (Phi) is 10.2. The van der Waals surface area contributed by atoms with Crippen molar-refractivity contribution in [2.45, 2.75) is 32.2 Å². The van der Waals surface area contributed by atoms with Gasteiger partial charge in [0.1, 0.15) is 0 Å². The third-order valence-corrected chi connectivity index (χ3v) is 4.93. The van der Waals surface area contributed by atoms with Crippen molar-refractivity contribution < 1.29 is 9.47 Å². The van der Waals surface area contributed by atoms with E-state index >= 15 is 0 Å². The largest absolute Gasteiger partial charge is 0.383 e. The molecule has 0 amide bonds. The Morgan fingerprint density at radius 3 is 2.80 bits per heavy atom. The highest BCUT2D eigenvalue weighted by Gasteiger charge is 2.23. The number of rotatable bonds is 10. The monoisotopic (exact) mass is 355 g/mol. The minimum Gasteiger partial charge on any atom is -0.383 e. The Morgan fingerprint density at radius 1 is 1.20 bits per heavy atom. The van der Waals surface area contributed by atoms with Gasteiger partial charge < -0.3 is 20.1 Å². The van der Waals surface area contributed by atoms with Gasteiger partial charge in [0.25, 0.3) is 0 Å². The predicted octanol–water partition coefficient (Wildman–Crippen LogP) is 0.375. The van der Waals surface area contributed by atoms with Crippen LogP contribution in [-0.4, -0.2) is 101 Å². The number of likely N-dealkylation sites (tertiary alicyclic amines) is 1. The second-order valence-corrected chi connectivity index (χ2v) is 6.78. The lowest BCUT2D eigenvalue weighted by Gasteiger charge is -2.26. The molecule has 0 aromatic carbocycles. The van der Waals surface area contributed by atoms with Gasteiger partial charge >= 0.3 is 0 Å². The molecule has 2 heterocycles. The summed E-state index contributed by atoms with van der Waals surface area (Å²) in [6.45, 7) is 12.8. The third kappa shape index (κ3) is 7.90. The predicted molar refractivity (Wildman–Crippen MR) is 102 cm³/mol. The first-order chi connectivity index (χ1) is 12.3. The molecule has 0 aliphatic carbocycles. The molecule has 146 valence electrons. The zero-order valence-electron chi connectivity index (χ0n) is 16.1. The van der Waals surface area contributed by atoms with Gasteiger partial charge in [-0.2, -0.15) is 0 Å². The minimum atomic E-state index is 0.555. The average molecular weight is 356 g/mol. The average Bonchev–Trinajstić information content (AvgIpc) is 3.09. The smallest absolute Gasteiger partial charge is 0.191 e. The molecule has 0 aromatic heterocycles. The summed E-state index contributed by atoms with van der Waals surface area (Å²) in [6.07, 6.45) is 3.64. The summed E-state index contributed by atoms with van der Waals surface area (Å²) in [5, 5.41) is 6.85. The number of aliphatic imine (C=N–C) groups is 1. The molecule has 0 spiro atoms. The molecule has 0 saturated carbocycles. The molecular formula is C18H37N5O2. The Labute approximate surface area is 153 Å². The summed E-state index contributed by atoms with van der Waals surface area (Å²) in [5.41, 5.74) is 0. The van der Waals surface area contributed by atoms with E-state index in [1.54, 1.807) is 7.11 Å². The van der Waals surface area contributed by atoms with Gasteiger partial charge in [-0.15, -0.1) is 0 Å². The Bertz CT molecular complexity index is 374. The van der Waals surface area contributed by atoms with E-state index in [4.69, 9.17) is 14.5 Å². The summed E-state index contributed by atoms with van der Waals surface area (Å²) in [7, 11) is 1.77. The summed E-state index contributed by atoms with van der Waals surface area (Å²) in [6, 6.07) is 0.555. The van der Waals surface area contributed by atoms with E-state index in [0.29, 0.717) is 6.04 Å². The molecule has 1 unspecified atom stereocenters. The summed E-state index contributed by atoms with van der Waals surface area (Å²) >= 11 is 0. The number of nitrogens with zero attached hydrogens (tertiary/aromatic N) is 3. The van der Waals surface area contributed by atoms with E-state index < -0.39 is 0 Å². The summed E-state index contributed by atoms with van der Waals surface area (Å²) in [5.74, 6) is 0.947. The van der Waals surface area contributed by atoms with Crippen LogP contribution < -0.4 is 10.6 Å². The van der Waals surface area contributed by atoms with Crippen molar-refractivity contribution in [3.05, 3.63) is 0 Å². The van der Waals surface area contributed by atoms with Crippen LogP contribution in [0.25, 0.3) is 0 Å². The van der Waals surface area contributed by atoms with Crippen molar-refractivity contribution in [2.24, 2.45) is 4.99 Å². The second kappa shape index (κ2) is 12.5. The molecule has 7 nitrogen and oxygen atoms in total. The maximum Gasteiger partial charge on any atom is 0.191 e. The molecule has 0 radical (unpaired) electrons. The van der Waals surface area contributed by atoms with E-state index in [0.717, 1.165) is 78.0 Å². The van der Waals surface area contributed by atoms with Crippen LogP contribution in [0.5, 0.6) is 0 Å². The van der Waals surface area contributed by atoms with E-state index in [9.17, 15) is 0 Å². The SMILES string of the molecule is CCNC(=NCC1CCCN1CCOC)NCCCN1CCOCC1. The highest BCUT2D eigenvalue weighted by Crippen LogP contribution is 2.16. The molecule has 1 atom stereocenters. The van der Waals surface area contributed by atoms with Crippen molar-refractivity contribution >= 4 is 5.96 Å². The molecule has 2 aliphatic heterocycles. The lowest BCUT2D eigenvalue weighted by atomic mass is 10.2. The number of hydrogen-bond acceptors (Lipinski definition) is 5. The van der Waals surface area contributed by atoms with Gasteiger partial charge in [-0.1, -0.05) is 0 Å². The first-order valence-electron chi connectivity index (χ1n) is 9.88. The lowest BCUT2D eigenvalue weighted by molar-refractivity contribution is 0.0376. The Morgan fingerprint density at radius 2 is 2.04 bits per heavy atom. The highest BCUT2D eigenvalue weighted by molar-refractivity contribution is 5.79. The number of ether oxygens (including phenoxy) is 2. The van der Waals surface area contributed by atoms with E-state index in [1.165, 1.54) is 19.4 Å². The zero-order chi connectivity index (χ0) is 17.7. The Hall–Kier alpha value is -0.890. The van der Waals surface area contributed by atoms with Crippen LogP contribution in [0, 0.1) is 0 Å². The van der Waals surface area contributed by atoms with Crippen LogP contribution >= 0.6 is 0 Å². The summed E-state index contributed by atoms with van der Waals surface area (Å²) in [4.78, 5) is 9.80. The molecule has 2 N–H and O–H groups in total. The fourth-order valence-electron chi connectivity index (χ4n) is 3.48. The first-order valence-corrected chi connectivity index (χ1v) is 9.88. The van der Waals surface area contributed by atoms with Gasteiger partial charge in [0.05, 0.1) is 26.4 Å². The van der Waals surface area contributed by atoms with Crippen LogP contribution in [0.4, 0.5) is 0 Å². The highest BCUT2D eigenvalue weighted by atomic mass is 16.5. The first kappa shape index (κ1) is 20.4. The van der Waals surface area contributed by atoms with Gasteiger partial charge in [0.2, 0.25) is 0 Å². The third-order valence-electron chi connectivity index (χ3n) is 4.93. The van der Waals surface area contributed by atoms with Gasteiger partial charge in [0.15, 0.2) is 5.96 Å². The van der Waals surface area contributed by atoms with E-state index in [-0.39, 0.29) is 0 Å². The molecule has 2 aliphatic rings. The van der Waals surface area contributed by atoms with Crippen molar-refractivity contribution in [1.82, 2.24) is 20.4 Å². The van der Waals surface area contributed by atoms with Crippen LogP contribution in [0.1, 0.15) is 26.2 Å². The topological polar surface area (TPSA) is 61.4 Å². The van der Waals surface area contributed by atoms with Crippen LogP contribution in [-0.2, 0) is 9.47 Å². The van der Waals surface area contributed by atoms with Crippen LogP contribution in [0.3, 0.4) is 0 Å². The fraction of sp³-hybridized carbons (Fsp3) is 0.944. The normalized spacial score (nSPS) is 23.1. The fourth-order valence-corrected chi connectivity index (χ4v) is 3.48. The quantitative estimate of drug-likeness (QED) is 0.336. The molecule has 2 rings (SSSR count). The molecular weight excluding hydrogens is 318 g/mol. The van der Waals surface area contributed by atoms with E-state index in [1.807, 2.05) is 0 Å². The van der Waals surface area contributed by atoms with Gasteiger partial charge in [-0.3, -0.25) is 14.8 Å². The maximum absolute atomic E-state index is 5.39. The van der Waals surface area contributed by atoms with Gasteiger partial charge in [-0.25, -0.2) is 0 Å². The van der Waals surface area contributed by atoms with Crippen molar-refractivity contribution in [2.75, 3.05) is 79.3 Å². The molecule has 25 heavy (non-hydrogen) atoms. The Balaban J connectivity index is 1.68. The van der Waals surface area contributed by atoms with Gasteiger partial charge in [0, 0.05) is 45.9 Å². The van der Waals surface area contributed by atoms with Crippen molar-refractivity contribution in [3.8, 4) is 0 Å². The second-order valence-electron chi connectivity index (χ2n) is 6.78. The lowest BCUT2D eigenvalue weighted by Crippen LogP contribution is -2.41. The summed E-state index contributed by atoms with van der Waals surface area (Å²) < 4.78 is 10.6. The standard InChI is InChI=1S/C18H37N5O2/c1-3-19-18(20-7-5-8-22-10-14-25-15-11-22)21-16-17-6-4-9-23(17)12-13-24-2/h17H,3-16H2,1-2H3,(H2,19,20,21). The molecule has 0 bridgehead atoms. The molecule has 7 heteroatoms. The molecule has 2 fully saturated rings.